The van der Waals surface area contributed by atoms with E-state index in [9.17, 15) is 0 Å². The van der Waals surface area contributed by atoms with Crippen molar-refractivity contribution in [3.8, 4) is 0 Å². The predicted octanol–water partition coefficient (Wildman–Crippen LogP) is 3.78. The molecule has 2 aromatic heterocycles. The summed E-state index contributed by atoms with van der Waals surface area (Å²) in [4.78, 5) is 22.6. The minimum atomic E-state index is 0.572. The number of imidazole rings is 1. The lowest BCUT2D eigenvalue weighted by atomic mass is 10.2. The number of benzene rings is 2. The predicted molar refractivity (Wildman–Crippen MR) is 120 cm³/mol. The number of hydrogen-bond donors (Lipinski definition) is 2. The van der Waals surface area contributed by atoms with Crippen LogP contribution in [0.4, 0.5) is 17.7 Å². The Labute approximate surface area is 175 Å². The van der Waals surface area contributed by atoms with E-state index in [4.69, 9.17) is 9.97 Å². The monoisotopic (exact) mass is 399 g/mol. The molecule has 4 aromatic rings. The Morgan fingerprint density at radius 3 is 2.43 bits per heavy atom. The van der Waals surface area contributed by atoms with Gasteiger partial charge in [0, 0.05) is 38.1 Å². The van der Waals surface area contributed by atoms with Gasteiger partial charge in [-0.15, -0.1) is 0 Å². The van der Waals surface area contributed by atoms with E-state index in [2.05, 4.69) is 37.2 Å². The molecule has 0 amide bonds. The summed E-state index contributed by atoms with van der Waals surface area (Å²) in [7, 11) is 0. The first-order chi connectivity index (χ1) is 14.8. The molecule has 0 atom stereocenters. The molecule has 1 aliphatic carbocycles. The lowest BCUT2D eigenvalue weighted by Gasteiger charge is -2.36. The second-order valence-electron chi connectivity index (χ2n) is 8.35. The van der Waals surface area contributed by atoms with Crippen molar-refractivity contribution in [1.82, 2.24) is 24.8 Å². The van der Waals surface area contributed by atoms with E-state index in [1.54, 1.807) is 0 Å². The Kier molecular flexibility index (Phi) is 4.27. The zero-order valence-corrected chi connectivity index (χ0v) is 16.9. The molecule has 0 bridgehead atoms. The molecule has 1 saturated heterocycles. The molecule has 6 rings (SSSR count). The number of H-pyrrole nitrogens is 1. The normalized spacial score (nSPS) is 17.7. The lowest BCUT2D eigenvalue weighted by molar-refractivity contribution is 0.248. The number of aromatic nitrogens is 4. The van der Waals surface area contributed by atoms with Gasteiger partial charge >= 0.3 is 0 Å². The number of aromatic amines is 1. The molecular weight excluding hydrogens is 374 g/mol. The van der Waals surface area contributed by atoms with Crippen LogP contribution in [0.25, 0.3) is 21.9 Å². The maximum atomic E-state index is 4.91. The van der Waals surface area contributed by atoms with Crippen molar-refractivity contribution in [3.05, 3.63) is 48.5 Å². The maximum absolute atomic E-state index is 4.91. The van der Waals surface area contributed by atoms with Gasteiger partial charge in [0.25, 0.3) is 0 Å². The molecule has 7 nitrogen and oxygen atoms in total. The first-order valence-corrected chi connectivity index (χ1v) is 10.8. The van der Waals surface area contributed by atoms with Crippen LogP contribution in [0, 0.1) is 5.92 Å². The molecule has 3 heterocycles. The van der Waals surface area contributed by atoms with Crippen molar-refractivity contribution >= 4 is 39.7 Å². The molecule has 7 heteroatoms. The van der Waals surface area contributed by atoms with E-state index < -0.39 is 0 Å². The van der Waals surface area contributed by atoms with Gasteiger partial charge in [0.1, 0.15) is 5.82 Å². The molecular formula is C23H25N7. The number of piperazine rings is 1. The highest BCUT2D eigenvalue weighted by Gasteiger charge is 2.27. The van der Waals surface area contributed by atoms with E-state index >= 15 is 0 Å². The number of hydrogen-bond acceptors (Lipinski definition) is 6. The fourth-order valence-corrected chi connectivity index (χ4v) is 4.28. The highest BCUT2D eigenvalue weighted by atomic mass is 15.3. The van der Waals surface area contributed by atoms with Gasteiger partial charge in [-0.2, -0.15) is 4.98 Å². The van der Waals surface area contributed by atoms with Crippen LogP contribution in [0.5, 0.6) is 0 Å². The molecule has 2 aliphatic rings. The second kappa shape index (κ2) is 7.25. The fourth-order valence-electron chi connectivity index (χ4n) is 4.28. The summed E-state index contributed by atoms with van der Waals surface area (Å²) >= 11 is 0. The fraction of sp³-hybridized carbons (Fsp3) is 0.348. The van der Waals surface area contributed by atoms with Crippen LogP contribution < -0.4 is 10.2 Å². The van der Waals surface area contributed by atoms with E-state index in [-0.39, 0.29) is 0 Å². The van der Waals surface area contributed by atoms with Gasteiger partial charge in [-0.25, -0.2) is 9.97 Å². The van der Waals surface area contributed by atoms with Crippen LogP contribution in [0.1, 0.15) is 12.8 Å². The Bertz CT molecular complexity index is 1160. The second-order valence-corrected chi connectivity index (χ2v) is 8.35. The van der Waals surface area contributed by atoms with Gasteiger partial charge in [0.15, 0.2) is 0 Å². The van der Waals surface area contributed by atoms with E-state index in [1.165, 1.54) is 19.4 Å². The summed E-state index contributed by atoms with van der Waals surface area (Å²) < 4.78 is 0. The number of nitrogens with zero attached hydrogens (tertiary/aromatic N) is 5. The number of fused-ring (bicyclic) bond motifs is 2. The Morgan fingerprint density at radius 2 is 1.63 bits per heavy atom. The van der Waals surface area contributed by atoms with Crippen molar-refractivity contribution in [2.75, 3.05) is 42.9 Å². The smallest absolute Gasteiger partial charge is 0.232 e. The van der Waals surface area contributed by atoms with Crippen LogP contribution in [-0.2, 0) is 0 Å². The van der Waals surface area contributed by atoms with Gasteiger partial charge in [-0.1, -0.05) is 24.3 Å². The third-order valence-corrected chi connectivity index (χ3v) is 6.09. The topological polar surface area (TPSA) is 73.0 Å². The highest BCUT2D eigenvalue weighted by molar-refractivity contribution is 5.91. The summed E-state index contributed by atoms with van der Waals surface area (Å²) in [5.41, 5.74) is 2.86. The average molecular weight is 400 g/mol. The summed E-state index contributed by atoms with van der Waals surface area (Å²) in [6.45, 7) is 5.45. The number of anilines is 3. The summed E-state index contributed by atoms with van der Waals surface area (Å²) in [5.74, 6) is 3.18. The molecule has 0 radical (unpaired) electrons. The summed E-state index contributed by atoms with van der Waals surface area (Å²) in [6, 6.07) is 16.2. The molecule has 0 unspecified atom stereocenters. The highest BCUT2D eigenvalue weighted by Crippen LogP contribution is 2.31. The van der Waals surface area contributed by atoms with E-state index in [1.807, 2.05) is 36.4 Å². The first-order valence-electron chi connectivity index (χ1n) is 10.8. The van der Waals surface area contributed by atoms with Crippen LogP contribution in [-0.4, -0.2) is 57.6 Å². The molecule has 152 valence electrons. The first kappa shape index (κ1) is 17.7. The molecule has 30 heavy (non-hydrogen) atoms. The molecule has 1 aliphatic heterocycles. The third kappa shape index (κ3) is 3.45. The zero-order chi connectivity index (χ0) is 19.9. The molecule has 0 spiro atoms. The van der Waals surface area contributed by atoms with Crippen molar-refractivity contribution < 1.29 is 0 Å². The van der Waals surface area contributed by atoms with Crippen LogP contribution in [0.3, 0.4) is 0 Å². The quantitative estimate of drug-likeness (QED) is 0.532. The van der Waals surface area contributed by atoms with E-state index in [0.29, 0.717) is 11.9 Å². The minimum Gasteiger partial charge on any atom is -0.353 e. The van der Waals surface area contributed by atoms with Crippen molar-refractivity contribution in [2.45, 2.75) is 12.8 Å². The standard InChI is InChI=1S/C23H25N7/c1-2-6-18-17(5-1)21(30-13-11-29(12-14-30)15-16-9-10-16)27-23(24-18)28-22-25-19-7-3-4-8-20(19)26-22/h1-8,16H,9-15H2,(H2,24,25,26,27,28). The average Bonchev–Trinajstić information content (AvgIpc) is 3.50. The molecule has 1 saturated carbocycles. The number of nitrogens with one attached hydrogen (secondary N) is 2. The molecule has 2 aromatic carbocycles. The van der Waals surface area contributed by atoms with Gasteiger partial charge in [-0.05, 0) is 43.0 Å². The molecule has 2 fully saturated rings. The van der Waals surface area contributed by atoms with Gasteiger partial charge < -0.3 is 9.88 Å². The summed E-state index contributed by atoms with van der Waals surface area (Å²) in [5, 5.41) is 4.38. The SMILES string of the molecule is c1ccc2[nH]c(Nc3nc(N4CCN(CC5CC5)CC4)c4ccccc4n3)nc2c1. The van der Waals surface area contributed by atoms with Crippen molar-refractivity contribution in [1.29, 1.82) is 0 Å². The summed E-state index contributed by atoms with van der Waals surface area (Å²) in [6.07, 6.45) is 2.82. The van der Waals surface area contributed by atoms with E-state index in [0.717, 1.165) is 59.9 Å². The number of rotatable bonds is 5. The minimum absolute atomic E-state index is 0.572. The zero-order valence-electron chi connectivity index (χ0n) is 16.9. The van der Waals surface area contributed by atoms with Crippen LogP contribution in [0.15, 0.2) is 48.5 Å². The van der Waals surface area contributed by atoms with Crippen molar-refractivity contribution in [2.24, 2.45) is 5.92 Å². The van der Waals surface area contributed by atoms with Gasteiger partial charge in [0.2, 0.25) is 11.9 Å². The largest absolute Gasteiger partial charge is 0.353 e. The van der Waals surface area contributed by atoms with Gasteiger partial charge in [-0.3, -0.25) is 10.2 Å². The Hall–Kier alpha value is -3.19. The van der Waals surface area contributed by atoms with Gasteiger partial charge in [0.05, 0.1) is 16.6 Å². The Balaban J connectivity index is 1.29. The third-order valence-electron chi connectivity index (χ3n) is 6.09. The number of para-hydroxylation sites is 3. The van der Waals surface area contributed by atoms with Crippen molar-refractivity contribution in [3.63, 3.8) is 0 Å². The Morgan fingerprint density at radius 1 is 0.867 bits per heavy atom. The van der Waals surface area contributed by atoms with Crippen LogP contribution in [0.2, 0.25) is 0 Å². The molecule has 2 N–H and O–H groups in total. The maximum Gasteiger partial charge on any atom is 0.232 e. The van der Waals surface area contributed by atoms with Crippen LogP contribution >= 0.6 is 0 Å². The lowest BCUT2D eigenvalue weighted by Crippen LogP contribution is -2.47.